The molecular weight excluding hydrogens is 256 g/mol. The van der Waals surface area contributed by atoms with Gasteiger partial charge in [-0.15, -0.1) is 0 Å². The Morgan fingerprint density at radius 2 is 2.11 bits per heavy atom. The van der Waals surface area contributed by atoms with Crippen molar-refractivity contribution in [2.75, 3.05) is 5.32 Å². The van der Waals surface area contributed by atoms with Crippen LogP contribution in [0.3, 0.4) is 0 Å². The van der Waals surface area contributed by atoms with E-state index in [0.29, 0.717) is 0 Å². The van der Waals surface area contributed by atoms with Gasteiger partial charge in [-0.05, 0) is 6.07 Å². The Morgan fingerprint density at radius 1 is 1.47 bits per heavy atom. The molecule has 0 spiro atoms. The topological polar surface area (TPSA) is 162 Å². The van der Waals surface area contributed by atoms with Gasteiger partial charge >= 0.3 is 0 Å². The zero-order valence-electron chi connectivity index (χ0n) is 9.70. The Morgan fingerprint density at radius 3 is 2.58 bits per heavy atom. The highest BCUT2D eigenvalue weighted by atomic mass is 16.6. The lowest BCUT2D eigenvalue weighted by atomic mass is 10.2. The Balaban J connectivity index is 2.80. The number of phenols is 1. The molecule has 0 aliphatic carbocycles. The lowest BCUT2D eigenvalue weighted by Crippen LogP contribution is -2.38. The van der Waals surface area contributed by atoms with E-state index in [1.807, 2.05) is 0 Å². The second kappa shape index (κ2) is 5.78. The second-order valence-corrected chi connectivity index (χ2v) is 3.72. The molecule has 0 bridgehead atoms. The van der Waals surface area contributed by atoms with Crippen LogP contribution in [0.5, 0.6) is 5.75 Å². The fraction of sp³-hybridized carbons (Fsp3) is 0.200. The molecule has 0 radical (unpaired) electrons. The number of nitro groups is 1. The number of anilines is 1. The molecule has 0 saturated carbocycles. The molecule has 1 aromatic rings. The first kappa shape index (κ1) is 14.4. The third kappa shape index (κ3) is 3.92. The second-order valence-electron chi connectivity index (χ2n) is 3.72. The predicted molar refractivity (Wildman–Crippen MR) is 65.2 cm³/mol. The van der Waals surface area contributed by atoms with Gasteiger partial charge in [0.05, 0.1) is 29.1 Å². The van der Waals surface area contributed by atoms with Crippen molar-refractivity contribution in [3.63, 3.8) is 0 Å². The first-order valence-corrected chi connectivity index (χ1v) is 5.13. The lowest BCUT2D eigenvalue weighted by Gasteiger charge is -2.11. The molecular formula is C10H12N4O5. The number of carbonyl (C=O) groups excluding carboxylic acids is 2. The van der Waals surface area contributed by atoms with Gasteiger partial charge in [0.2, 0.25) is 11.8 Å². The number of benzene rings is 1. The van der Waals surface area contributed by atoms with Gasteiger partial charge in [0, 0.05) is 6.07 Å². The molecule has 9 nitrogen and oxygen atoms in total. The van der Waals surface area contributed by atoms with Gasteiger partial charge < -0.3 is 21.9 Å². The molecule has 9 heteroatoms. The molecule has 102 valence electrons. The number of non-ortho nitro benzene ring substituents is 1. The number of aromatic hydroxyl groups is 1. The highest BCUT2D eigenvalue weighted by molar-refractivity contribution is 5.98. The van der Waals surface area contributed by atoms with E-state index in [0.717, 1.165) is 18.2 Å². The van der Waals surface area contributed by atoms with E-state index >= 15 is 0 Å². The third-order valence-electron chi connectivity index (χ3n) is 2.21. The smallest absolute Gasteiger partial charge is 0.273 e. The first-order chi connectivity index (χ1) is 8.81. The van der Waals surface area contributed by atoms with E-state index < -0.39 is 28.5 Å². The van der Waals surface area contributed by atoms with E-state index in [2.05, 4.69) is 5.32 Å². The Kier molecular flexibility index (Phi) is 4.37. The van der Waals surface area contributed by atoms with Crippen LogP contribution in [0.15, 0.2) is 18.2 Å². The molecule has 6 N–H and O–H groups in total. The van der Waals surface area contributed by atoms with Crippen molar-refractivity contribution in [3.8, 4) is 5.75 Å². The Labute approximate surface area is 107 Å². The van der Waals surface area contributed by atoms with Crippen LogP contribution in [0.25, 0.3) is 0 Å². The summed E-state index contributed by atoms with van der Waals surface area (Å²) in [5.41, 5.74) is 9.91. The van der Waals surface area contributed by atoms with Crippen molar-refractivity contribution in [1.82, 2.24) is 0 Å². The molecule has 1 unspecified atom stereocenters. The zero-order valence-corrected chi connectivity index (χ0v) is 9.70. The van der Waals surface area contributed by atoms with Crippen molar-refractivity contribution in [3.05, 3.63) is 28.3 Å². The van der Waals surface area contributed by atoms with Crippen molar-refractivity contribution in [2.45, 2.75) is 12.5 Å². The van der Waals surface area contributed by atoms with E-state index in [4.69, 9.17) is 11.5 Å². The maximum absolute atomic E-state index is 11.5. The van der Waals surface area contributed by atoms with Crippen LogP contribution in [0, 0.1) is 10.1 Å². The number of hydrogen-bond acceptors (Lipinski definition) is 6. The Hall–Kier alpha value is -2.68. The van der Waals surface area contributed by atoms with Crippen LogP contribution in [0.2, 0.25) is 0 Å². The monoisotopic (exact) mass is 268 g/mol. The van der Waals surface area contributed by atoms with Crippen molar-refractivity contribution >= 4 is 23.2 Å². The number of nitrogens with zero attached hydrogens (tertiary/aromatic N) is 1. The van der Waals surface area contributed by atoms with Gasteiger partial charge in [0.15, 0.2) is 0 Å². The number of primary amides is 1. The van der Waals surface area contributed by atoms with Crippen LogP contribution >= 0.6 is 0 Å². The van der Waals surface area contributed by atoms with Gasteiger partial charge in [-0.1, -0.05) is 0 Å². The minimum absolute atomic E-state index is 0.0458. The van der Waals surface area contributed by atoms with Crippen LogP contribution in [0.4, 0.5) is 11.4 Å². The van der Waals surface area contributed by atoms with E-state index in [-0.39, 0.29) is 17.8 Å². The highest BCUT2D eigenvalue weighted by Gasteiger charge is 2.18. The summed E-state index contributed by atoms with van der Waals surface area (Å²) >= 11 is 0. The average molecular weight is 268 g/mol. The summed E-state index contributed by atoms with van der Waals surface area (Å²) in [6.07, 6.45) is -0.348. The molecule has 0 aliphatic heterocycles. The van der Waals surface area contributed by atoms with Crippen LogP contribution < -0.4 is 16.8 Å². The first-order valence-electron chi connectivity index (χ1n) is 5.13. The standard InChI is InChI=1S/C10H12N4O5/c11-6(4-9(12)16)10(17)13-7-2-1-5(14(18)19)3-8(7)15/h1-3,6,15H,4,11H2,(H2,12,16)(H,13,17). The molecule has 2 amide bonds. The lowest BCUT2D eigenvalue weighted by molar-refractivity contribution is -0.384. The summed E-state index contributed by atoms with van der Waals surface area (Å²) in [5.74, 6) is -1.95. The largest absolute Gasteiger partial charge is 0.506 e. The van der Waals surface area contributed by atoms with Gasteiger partial charge in [0.25, 0.3) is 5.69 Å². The Bertz CT molecular complexity index is 531. The van der Waals surface area contributed by atoms with Crippen LogP contribution in [-0.2, 0) is 9.59 Å². The maximum Gasteiger partial charge on any atom is 0.273 e. The maximum atomic E-state index is 11.5. The van der Waals surface area contributed by atoms with Crippen LogP contribution in [0.1, 0.15) is 6.42 Å². The average Bonchev–Trinajstić information content (AvgIpc) is 2.30. The molecule has 0 saturated heterocycles. The molecule has 1 atom stereocenters. The minimum Gasteiger partial charge on any atom is -0.506 e. The molecule has 0 aromatic heterocycles. The minimum atomic E-state index is -1.16. The van der Waals surface area contributed by atoms with Gasteiger partial charge in [-0.25, -0.2) is 0 Å². The van der Waals surface area contributed by atoms with Gasteiger partial charge in [-0.3, -0.25) is 19.7 Å². The van der Waals surface area contributed by atoms with Crippen molar-refractivity contribution in [2.24, 2.45) is 11.5 Å². The summed E-state index contributed by atoms with van der Waals surface area (Å²) in [7, 11) is 0. The highest BCUT2D eigenvalue weighted by Crippen LogP contribution is 2.27. The number of amides is 2. The number of nitrogens with two attached hydrogens (primary N) is 2. The molecule has 0 aliphatic rings. The summed E-state index contributed by atoms with van der Waals surface area (Å²) < 4.78 is 0. The molecule has 0 fully saturated rings. The number of rotatable bonds is 5. The van der Waals surface area contributed by atoms with Crippen molar-refractivity contribution in [1.29, 1.82) is 0 Å². The van der Waals surface area contributed by atoms with E-state index in [1.165, 1.54) is 0 Å². The number of carbonyl (C=O) groups is 2. The quantitative estimate of drug-likeness (QED) is 0.318. The van der Waals surface area contributed by atoms with Crippen LogP contribution in [-0.4, -0.2) is 27.9 Å². The fourth-order valence-corrected chi connectivity index (χ4v) is 1.27. The normalized spacial score (nSPS) is 11.6. The summed E-state index contributed by atoms with van der Waals surface area (Å²) in [6.45, 7) is 0. The molecule has 0 heterocycles. The van der Waals surface area contributed by atoms with Gasteiger partial charge in [-0.2, -0.15) is 0 Å². The van der Waals surface area contributed by atoms with Gasteiger partial charge in [0.1, 0.15) is 5.75 Å². The third-order valence-corrected chi connectivity index (χ3v) is 2.21. The molecule has 1 rings (SSSR count). The summed E-state index contributed by atoms with van der Waals surface area (Å²) in [5, 5.41) is 22.2. The number of hydrogen-bond donors (Lipinski definition) is 4. The zero-order chi connectivity index (χ0) is 14.6. The van der Waals surface area contributed by atoms with E-state index in [1.54, 1.807) is 0 Å². The van der Waals surface area contributed by atoms with E-state index in [9.17, 15) is 24.8 Å². The summed E-state index contributed by atoms with van der Waals surface area (Å²) in [4.78, 5) is 31.9. The SMILES string of the molecule is NC(=O)CC(N)C(=O)Nc1ccc([N+](=O)[O-])cc1O. The molecule has 19 heavy (non-hydrogen) atoms. The fourth-order valence-electron chi connectivity index (χ4n) is 1.27. The predicted octanol–water partition coefficient (Wildman–Crippen LogP) is -0.558. The number of nitro benzene ring substituents is 1. The number of nitrogens with one attached hydrogen (secondary N) is 1. The van der Waals surface area contributed by atoms with Crippen molar-refractivity contribution < 1.29 is 19.6 Å². The summed E-state index contributed by atoms with van der Waals surface area (Å²) in [6, 6.07) is 1.99. The number of phenolic OH excluding ortho intramolecular Hbond substituents is 1. The molecule has 1 aromatic carbocycles.